The van der Waals surface area contributed by atoms with Gasteiger partial charge in [0.15, 0.2) is 5.78 Å². The number of rotatable bonds is 3. The third-order valence-electron chi connectivity index (χ3n) is 5.54. The number of benzene rings is 1. The minimum atomic E-state index is -0.580. The van der Waals surface area contributed by atoms with Crippen molar-refractivity contribution in [3.05, 3.63) is 57.2 Å². The van der Waals surface area contributed by atoms with E-state index in [0.29, 0.717) is 24.2 Å². The zero-order chi connectivity index (χ0) is 21.5. The highest BCUT2D eigenvalue weighted by Gasteiger charge is 2.43. The Balaban J connectivity index is 2.18. The molecule has 1 aliphatic carbocycles. The Hall–Kier alpha value is -3.07. The van der Waals surface area contributed by atoms with Gasteiger partial charge in [-0.15, -0.1) is 0 Å². The molecule has 0 saturated heterocycles. The first-order chi connectivity index (χ1) is 13.5. The fourth-order valence-corrected chi connectivity index (χ4v) is 4.16. The summed E-state index contributed by atoms with van der Waals surface area (Å²) in [5, 5.41) is 9.79. The summed E-state index contributed by atoms with van der Waals surface area (Å²) in [6, 6.07) is 6.03. The van der Waals surface area contributed by atoms with Crippen molar-refractivity contribution in [1.29, 1.82) is 5.26 Å². The Morgan fingerprint density at radius 3 is 2.62 bits per heavy atom. The van der Waals surface area contributed by atoms with Gasteiger partial charge in [0.05, 0.1) is 5.92 Å². The number of ether oxygens (including phenoxy) is 2. The van der Waals surface area contributed by atoms with Gasteiger partial charge in [-0.1, -0.05) is 26.0 Å². The van der Waals surface area contributed by atoms with Crippen molar-refractivity contribution in [2.45, 2.75) is 60.0 Å². The molecule has 6 heteroatoms. The van der Waals surface area contributed by atoms with Crippen LogP contribution in [0.25, 0.3) is 0 Å². The first-order valence-corrected chi connectivity index (χ1v) is 9.61. The fourth-order valence-electron chi connectivity index (χ4n) is 4.16. The fraction of sp³-hybridized carbons (Fsp3) is 0.435. The molecule has 2 aliphatic rings. The van der Waals surface area contributed by atoms with Crippen LogP contribution in [0.2, 0.25) is 0 Å². The van der Waals surface area contributed by atoms with Crippen molar-refractivity contribution in [2.75, 3.05) is 0 Å². The summed E-state index contributed by atoms with van der Waals surface area (Å²) in [4.78, 5) is 24.4. The minimum absolute atomic E-state index is 0.0250. The molecule has 1 aromatic carbocycles. The maximum Gasteiger partial charge on any atom is 0.302 e. The van der Waals surface area contributed by atoms with Crippen molar-refractivity contribution >= 4 is 11.8 Å². The Labute approximate surface area is 171 Å². The van der Waals surface area contributed by atoms with Crippen molar-refractivity contribution in [3.63, 3.8) is 0 Å². The van der Waals surface area contributed by atoms with E-state index in [1.807, 2.05) is 39.8 Å². The summed E-state index contributed by atoms with van der Waals surface area (Å²) in [5.41, 5.74) is 10.2. The maximum absolute atomic E-state index is 13.1. The lowest BCUT2D eigenvalue weighted by atomic mass is 9.69. The van der Waals surface area contributed by atoms with Crippen LogP contribution in [0.5, 0.6) is 0 Å². The van der Waals surface area contributed by atoms with Gasteiger partial charge in [-0.3, -0.25) is 9.59 Å². The maximum atomic E-state index is 13.1. The van der Waals surface area contributed by atoms with Gasteiger partial charge in [-0.2, -0.15) is 5.26 Å². The summed E-state index contributed by atoms with van der Waals surface area (Å²) in [5.74, 6) is -0.376. The lowest BCUT2D eigenvalue weighted by Crippen LogP contribution is -2.33. The first-order valence-electron chi connectivity index (χ1n) is 9.61. The summed E-state index contributed by atoms with van der Waals surface area (Å²) in [6.07, 6.45) is 0.963. The van der Waals surface area contributed by atoms with Gasteiger partial charge in [0.2, 0.25) is 5.88 Å². The molecule has 0 fully saturated rings. The van der Waals surface area contributed by atoms with E-state index in [1.54, 1.807) is 0 Å². The molecule has 6 nitrogen and oxygen atoms in total. The highest BCUT2D eigenvalue weighted by atomic mass is 16.5. The third-order valence-corrected chi connectivity index (χ3v) is 5.54. The van der Waals surface area contributed by atoms with Crippen LogP contribution in [0.15, 0.2) is 34.9 Å². The normalized spacial score (nSPS) is 20.7. The van der Waals surface area contributed by atoms with Crippen LogP contribution in [0, 0.1) is 30.6 Å². The van der Waals surface area contributed by atoms with Crippen LogP contribution in [0.1, 0.15) is 61.8 Å². The molecule has 0 unspecified atom stereocenters. The van der Waals surface area contributed by atoms with E-state index in [1.165, 1.54) is 6.92 Å². The molecule has 1 aromatic rings. The Morgan fingerprint density at radius 2 is 2.00 bits per heavy atom. The van der Waals surface area contributed by atoms with Gasteiger partial charge in [0.1, 0.15) is 24.0 Å². The number of allylic oxidation sites excluding steroid dienone is 3. The molecule has 152 valence electrons. The van der Waals surface area contributed by atoms with Gasteiger partial charge < -0.3 is 15.2 Å². The lowest BCUT2D eigenvalue weighted by Gasteiger charge is -2.37. The lowest BCUT2D eigenvalue weighted by molar-refractivity contribution is -0.142. The van der Waals surface area contributed by atoms with Gasteiger partial charge in [-0.25, -0.2) is 0 Å². The van der Waals surface area contributed by atoms with Gasteiger partial charge in [-0.05, 0) is 41.5 Å². The number of esters is 1. The molecule has 0 saturated carbocycles. The van der Waals surface area contributed by atoms with Crippen LogP contribution in [-0.4, -0.2) is 11.8 Å². The quantitative estimate of drug-likeness (QED) is 0.782. The predicted molar refractivity (Wildman–Crippen MR) is 107 cm³/mol. The van der Waals surface area contributed by atoms with Gasteiger partial charge >= 0.3 is 5.97 Å². The number of carbonyl (C=O) groups is 2. The minimum Gasteiger partial charge on any atom is -0.461 e. The molecule has 29 heavy (non-hydrogen) atoms. The number of nitrogens with two attached hydrogens (primary N) is 1. The topological polar surface area (TPSA) is 102 Å². The van der Waals surface area contributed by atoms with E-state index in [0.717, 1.165) is 22.3 Å². The van der Waals surface area contributed by atoms with Crippen molar-refractivity contribution in [3.8, 4) is 6.07 Å². The number of carbonyl (C=O) groups excluding carboxylic acids is 2. The average molecular weight is 394 g/mol. The zero-order valence-electron chi connectivity index (χ0n) is 17.5. The molecule has 1 aliphatic heterocycles. The molecular formula is C23H26N2O4. The predicted octanol–water partition coefficient (Wildman–Crippen LogP) is 3.82. The second kappa shape index (κ2) is 7.40. The molecular weight excluding hydrogens is 368 g/mol. The number of nitriles is 1. The standard InChI is InChI=1S/C23H26N2O4/c1-12-6-13(2)16(7-15(12)11-28-14(3)26)20-17(10-24)22(25)29-19-9-23(4,5)8-18(27)21(19)20/h6-7,20H,8-9,11,25H2,1-5H3/t20-/m1/s1. The third kappa shape index (κ3) is 3.91. The molecule has 2 N–H and O–H groups in total. The molecule has 0 amide bonds. The number of Topliss-reactive ketones (excluding diaryl/α,β-unsaturated/α-hetero) is 1. The van der Waals surface area contributed by atoms with Crippen molar-refractivity contribution in [2.24, 2.45) is 11.1 Å². The number of ketones is 1. The van der Waals surface area contributed by atoms with E-state index in [9.17, 15) is 14.9 Å². The van der Waals surface area contributed by atoms with Crippen molar-refractivity contribution < 1.29 is 19.1 Å². The highest BCUT2D eigenvalue weighted by Crippen LogP contribution is 2.48. The summed E-state index contributed by atoms with van der Waals surface area (Å²) in [6.45, 7) is 9.40. The van der Waals surface area contributed by atoms with Crippen molar-refractivity contribution in [1.82, 2.24) is 0 Å². The second-order valence-electron chi connectivity index (χ2n) is 8.62. The summed E-state index contributed by atoms with van der Waals surface area (Å²) >= 11 is 0. The largest absolute Gasteiger partial charge is 0.461 e. The molecule has 1 heterocycles. The van der Waals surface area contributed by atoms with E-state index in [-0.39, 0.29) is 35.2 Å². The monoisotopic (exact) mass is 394 g/mol. The van der Waals surface area contributed by atoms with Gasteiger partial charge in [0, 0.05) is 25.3 Å². The van der Waals surface area contributed by atoms with E-state index >= 15 is 0 Å². The summed E-state index contributed by atoms with van der Waals surface area (Å²) in [7, 11) is 0. The van der Waals surface area contributed by atoms with Crippen LogP contribution in [0.4, 0.5) is 0 Å². The van der Waals surface area contributed by atoms with E-state index in [2.05, 4.69) is 6.07 Å². The van der Waals surface area contributed by atoms with E-state index < -0.39 is 5.92 Å². The second-order valence-corrected chi connectivity index (χ2v) is 8.62. The smallest absolute Gasteiger partial charge is 0.302 e. The van der Waals surface area contributed by atoms with Crippen LogP contribution in [0.3, 0.4) is 0 Å². The first kappa shape index (κ1) is 20.7. The zero-order valence-corrected chi connectivity index (χ0v) is 17.5. The molecule has 0 bridgehead atoms. The molecule has 0 aromatic heterocycles. The SMILES string of the molecule is CC(=O)OCc1cc([C@@H]2C(C#N)=C(N)OC3=C2C(=O)CC(C)(C)C3)c(C)cc1C. The number of aryl methyl sites for hydroxylation is 2. The molecule has 0 radical (unpaired) electrons. The molecule has 0 spiro atoms. The van der Waals surface area contributed by atoms with Crippen LogP contribution < -0.4 is 5.73 Å². The highest BCUT2D eigenvalue weighted by molar-refractivity contribution is 6.00. The van der Waals surface area contributed by atoms with Gasteiger partial charge in [0.25, 0.3) is 0 Å². The Kier molecular flexibility index (Phi) is 5.27. The Bertz CT molecular complexity index is 1010. The number of hydrogen-bond donors (Lipinski definition) is 1. The Morgan fingerprint density at radius 1 is 1.31 bits per heavy atom. The summed E-state index contributed by atoms with van der Waals surface area (Å²) < 4.78 is 10.9. The molecule has 1 atom stereocenters. The number of nitrogens with zero attached hydrogens (tertiary/aromatic N) is 1. The average Bonchev–Trinajstić information content (AvgIpc) is 2.58. The van der Waals surface area contributed by atoms with Crippen LogP contribution >= 0.6 is 0 Å². The van der Waals surface area contributed by atoms with E-state index in [4.69, 9.17) is 15.2 Å². The van der Waals surface area contributed by atoms with Crippen LogP contribution in [-0.2, 0) is 25.7 Å². The molecule has 3 rings (SSSR count). The number of hydrogen-bond acceptors (Lipinski definition) is 6.